The molecule has 114 valence electrons. The van der Waals surface area contributed by atoms with Crippen LogP contribution in [0.1, 0.15) is 44.9 Å². The van der Waals surface area contributed by atoms with Crippen LogP contribution in [0.25, 0.3) is 0 Å². The minimum absolute atomic E-state index is 0.0184. The number of hydrogen-bond donors (Lipinski definition) is 1. The molecule has 4 nitrogen and oxygen atoms in total. The molecule has 4 unspecified atom stereocenters. The highest BCUT2D eigenvalue weighted by molar-refractivity contribution is 5.79. The number of fused-ring (bicyclic) bond motifs is 1. The van der Waals surface area contributed by atoms with Gasteiger partial charge in [-0.1, -0.05) is 25.7 Å². The Balaban J connectivity index is 1.61. The standard InChI is InChI=1S/C16H27NO3/c18-10-15-11-20-8-7-17(15)16(19)14-6-5-12-3-1-2-4-13(12)9-14/h12-15,18H,1-11H2. The van der Waals surface area contributed by atoms with Gasteiger partial charge in [-0.25, -0.2) is 0 Å². The van der Waals surface area contributed by atoms with Gasteiger partial charge >= 0.3 is 0 Å². The molecular weight excluding hydrogens is 254 g/mol. The molecule has 0 spiro atoms. The van der Waals surface area contributed by atoms with Gasteiger partial charge in [-0.15, -0.1) is 0 Å². The first-order valence-electron chi connectivity index (χ1n) is 8.28. The van der Waals surface area contributed by atoms with Crippen LogP contribution in [0.4, 0.5) is 0 Å². The topological polar surface area (TPSA) is 49.8 Å². The maximum Gasteiger partial charge on any atom is 0.226 e. The number of rotatable bonds is 2. The Morgan fingerprint density at radius 2 is 1.95 bits per heavy atom. The third-order valence-electron chi connectivity index (χ3n) is 5.61. The van der Waals surface area contributed by atoms with E-state index in [1.807, 2.05) is 4.90 Å². The Labute approximate surface area is 121 Å². The van der Waals surface area contributed by atoms with Gasteiger partial charge in [-0.05, 0) is 31.1 Å². The van der Waals surface area contributed by atoms with E-state index in [1.165, 1.54) is 32.1 Å². The lowest BCUT2D eigenvalue weighted by Gasteiger charge is -2.42. The molecule has 3 aliphatic rings. The number of carbonyl (C=O) groups excluding carboxylic acids is 1. The van der Waals surface area contributed by atoms with Gasteiger partial charge in [0, 0.05) is 12.5 Å². The first-order chi connectivity index (χ1) is 9.79. The highest BCUT2D eigenvalue weighted by atomic mass is 16.5. The molecule has 2 saturated carbocycles. The van der Waals surface area contributed by atoms with E-state index in [0.29, 0.717) is 19.8 Å². The molecule has 0 aromatic heterocycles. The van der Waals surface area contributed by atoms with Crippen molar-refractivity contribution in [1.29, 1.82) is 0 Å². The van der Waals surface area contributed by atoms with E-state index in [2.05, 4.69) is 0 Å². The predicted octanol–water partition coefficient (Wildman–Crippen LogP) is 1.81. The van der Waals surface area contributed by atoms with Crippen LogP contribution in [0.3, 0.4) is 0 Å². The summed E-state index contributed by atoms with van der Waals surface area (Å²) in [5.74, 6) is 2.13. The van der Waals surface area contributed by atoms with E-state index >= 15 is 0 Å². The van der Waals surface area contributed by atoms with Crippen molar-refractivity contribution in [2.75, 3.05) is 26.4 Å². The fourth-order valence-corrected chi connectivity index (χ4v) is 4.43. The Bertz CT molecular complexity index is 347. The molecule has 1 N–H and O–H groups in total. The Morgan fingerprint density at radius 3 is 2.75 bits per heavy atom. The first kappa shape index (κ1) is 14.3. The second kappa shape index (κ2) is 6.44. The molecule has 1 saturated heterocycles. The van der Waals surface area contributed by atoms with Crippen molar-refractivity contribution in [3.63, 3.8) is 0 Å². The Kier molecular flexibility index (Phi) is 4.61. The van der Waals surface area contributed by atoms with Crippen molar-refractivity contribution in [3.8, 4) is 0 Å². The number of aliphatic hydroxyl groups excluding tert-OH is 1. The zero-order valence-electron chi connectivity index (χ0n) is 12.3. The van der Waals surface area contributed by atoms with Crippen LogP contribution in [-0.4, -0.2) is 48.3 Å². The maximum absolute atomic E-state index is 12.8. The van der Waals surface area contributed by atoms with Crippen LogP contribution in [0, 0.1) is 17.8 Å². The minimum atomic E-state index is -0.125. The number of nitrogens with zero attached hydrogens (tertiary/aromatic N) is 1. The summed E-state index contributed by atoms with van der Waals surface area (Å²) in [6, 6.07) is -0.125. The molecule has 4 atom stereocenters. The molecule has 1 aliphatic heterocycles. The summed E-state index contributed by atoms with van der Waals surface area (Å²) in [6.07, 6.45) is 8.79. The molecule has 3 fully saturated rings. The molecule has 0 radical (unpaired) electrons. The zero-order valence-corrected chi connectivity index (χ0v) is 12.3. The van der Waals surface area contributed by atoms with Crippen molar-refractivity contribution < 1.29 is 14.6 Å². The lowest BCUT2D eigenvalue weighted by molar-refractivity contribution is -0.148. The normalized spacial score (nSPS) is 38.4. The van der Waals surface area contributed by atoms with Gasteiger partial charge < -0.3 is 14.7 Å². The summed E-state index contributed by atoms with van der Waals surface area (Å²) in [6.45, 7) is 1.77. The number of carbonyl (C=O) groups is 1. The predicted molar refractivity (Wildman–Crippen MR) is 76.2 cm³/mol. The number of aliphatic hydroxyl groups is 1. The van der Waals surface area contributed by atoms with E-state index < -0.39 is 0 Å². The number of morpholine rings is 1. The van der Waals surface area contributed by atoms with Gasteiger partial charge in [0.15, 0.2) is 0 Å². The summed E-state index contributed by atoms with van der Waals surface area (Å²) in [7, 11) is 0. The van der Waals surface area contributed by atoms with E-state index in [4.69, 9.17) is 4.74 Å². The summed E-state index contributed by atoms with van der Waals surface area (Å²) >= 11 is 0. The molecule has 2 aliphatic carbocycles. The lowest BCUT2D eigenvalue weighted by Crippen LogP contribution is -2.53. The first-order valence-corrected chi connectivity index (χ1v) is 8.28. The SMILES string of the molecule is O=C(C1CCC2CCCCC2C1)N1CCOCC1CO. The average molecular weight is 281 g/mol. The molecule has 1 heterocycles. The van der Waals surface area contributed by atoms with Crippen LogP contribution in [0.15, 0.2) is 0 Å². The number of ether oxygens (including phenoxy) is 1. The van der Waals surface area contributed by atoms with Crippen LogP contribution in [0.5, 0.6) is 0 Å². The summed E-state index contributed by atoms with van der Waals surface area (Å²) in [5.41, 5.74) is 0. The smallest absolute Gasteiger partial charge is 0.226 e. The largest absolute Gasteiger partial charge is 0.394 e. The molecule has 0 aromatic rings. The second-order valence-electron chi connectivity index (χ2n) is 6.76. The summed E-state index contributed by atoms with van der Waals surface area (Å²) in [5, 5.41) is 9.42. The van der Waals surface area contributed by atoms with Crippen LogP contribution < -0.4 is 0 Å². The van der Waals surface area contributed by atoms with Crippen LogP contribution in [-0.2, 0) is 9.53 Å². The summed E-state index contributed by atoms with van der Waals surface area (Å²) < 4.78 is 5.37. The van der Waals surface area contributed by atoms with Gasteiger partial charge in [-0.3, -0.25) is 4.79 Å². The zero-order chi connectivity index (χ0) is 13.9. The fourth-order valence-electron chi connectivity index (χ4n) is 4.43. The molecule has 1 amide bonds. The quantitative estimate of drug-likeness (QED) is 0.840. The highest BCUT2D eigenvalue weighted by Gasteiger charge is 2.38. The number of amides is 1. The van der Waals surface area contributed by atoms with Crippen molar-refractivity contribution in [2.24, 2.45) is 17.8 Å². The third kappa shape index (κ3) is 2.86. The van der Waals surface area contributed by atoms with E-state index in [1.54, 1.807) is 0 Å². The highest BCUT2D eigenvalue weighted by Crippen LogP contribution is 2.43. The van der Waals surface area contributed by atoms with Crippen molar-refractivity contribution in [3.05, 3.63) is 0 Å². The van der Waals surface area contributed by atoms with E-state index in [0.717, 1.165) is 24.7 Å². The van der Waals surface area contributed by atoms with Crippen LogP contribution in [0.2, 0.25) is 0 Å². The van der Waals surface area contributed by atoms with Crippen molar-refractivity contribution in [2.45, 2.75) is 51.0 Å². The Hall–Kier alpha value is -0.610. The fraction of sp³-hybridized carbons (Fsp3) is 0.938. The third-order valence-corrected chi connectivity index (χ3v) is 5.61. The van der Waals surface area contributed by atoms with Gasteiger partial charge in [-0.2, -0.15) is 0 Å². The van der Waals surface area contributed by atoms with Gasteiger partial charge in [0.1, 0.15) is 0 Å². The van der Waals surface area contributed by atoms with Crippen LogP contribution >= 0.6 is 0 Å². The summed E-state index contributed by atoms with van der Waals surface area (Å²) in [4.78, 5) is 14.6. The van der Waals surface area contributed by atoms with Gasteiger partial charge in [0.2, 0.25) is 5.91 Å². The number of hydrogen-bond acceptors (Lipinski definition) is 3. The molecule has 0 aromatic carbocycles. The average Bonchev–Trinajstić information content (AvgIpc) is 2.53. The van der Waals surface area contributed by atoms with E-state index in [-0.39, 0.29) is 24.5 Å². The lowest BCUT2D eigenvalue weighted by atomic mass is 9.67. The Morgan fingerprint density at radius 1 is 1.15 bits per heavy atom. The monoisotopic (exact) mass is 281 g/mol. The van der Waals surface area contributed by atoms with E-state index in [9.17, 15) is 9.90 Å². The maximum atomic E-state index is 12.8. The van der Waals surface area contributed by atoms with Gasteiger partial charge in [0.05, 0.1) is 25.9 Å². The second-order valence-corrected chi connectivity index (χ2v) is 6.76. The molecular formula is C16H27NO3. The van der Waals surface area contributed by atoms with Gasteiger partial charge in [0.25, 0.3) is 0 Å². The minimum Gasteiger partial charge on any atom is -0.394 e. The molecule has 3 rings (SSSR count). The molecule has 4 heteroatoms. The molecule has 0 bridgehead atoms. The van der Waals surface area contributed by atoms with Crippen molar-refractivity contribution in [1.82, 2.24) is 4.90 Å². The van der Waals surface area contributed by atoms with Crippen molar-refractivity contribution >= 4 is 5.91 Å². The molecule has 20 heavy (non-hydrogen) atoms.